The van der Waals surface area contributed by atoms with Crippen molar-refractivity contribution in [2.45, 2.75) is 17.5 Å². The van der Waals surface area contributed by atoms with Gasteiger partial charge >= 0.3 is 0 Å². The minimum absolute atomic E-state index is 0.336. The third kappa shape index (κ3) is 5.81. The standard InChI is InChI=1S/C23H21ClN6OS/c24-20-12-10-18(11-13-20)16-32-23-29-28-22(30(23)25)27-26-14-19-8-4-5-9-21(19)31-15-17-6-2-1-3-7-17/h1-14H,15-16,25H2,(H,27,28)/b26-14+. The van der Waals surface area contributed by atoms with Crippen LogP contribution in [0.4, 0.5) is 5.95 Å². The summed E-state index contributed by atoms with van der Waals surface area (Å²) in [5.41, 5.74) is 5.87. The van der Waals surface area contributed by atoms with Crippen LogP contribution in [0.3, 0.4) is 0 Å². The first-order valence-corrected chi connectivity index (χ1v) is 11.2. The molecule has 0 unspecified atom stereocenters. The Morgan fingerprint density at radius 3 is 2.53 bits per heavy atom. The number of aromatic nitrogens is 3. The van der Waals surface area contributed by atoms with Crippen molar-refractivity contribution in [1.82, 2.24) is 14.9 Å². The number of rotatable bonds is 9. The number of ether oxygens (including phenoxy) is 1. The zero-order valence-electron chi connectivity index (χ0n) is 17.1. The third-order valence-corrected chi connectivity index (χ3v) is 5.74. The van der Waals surface area contributed by atoms with Gasteiger partial charge in [0.15, 0.2) is 0 Å². The van der Waals surface area contributed by atoms with E-state index in [1.54, 1.807) is 6.21 Å². The van der Waals surface area contributed by atoms with Gasteiger partial charge in [0.25, 0.3) is 5.95 Å². The number of para-hydroxylation sites is 1. The third-order valence-electron chi connectivity index (χ3n) is 4.47. The monoisotopic (exact) mass is 464 g/mol. The molecule has 32 heavy (non-hydrogen) atoms. The largest absolute Gasteiger partial charge is 0.488 e. The van der Waals surface area contributed by atoms with Gasteiger partial charge in [0, 0.05) is 16.3 Å². The number of nitrogens with one attached hydrogen (secondary N) is 1. The van der Waals surface area contributed by atoms with Gasteiger partial charge in [-0.2, -0.15) is 5.10 Å². The van der Waals surface area contributed by atoms with Gasteiger partial charge < -0.3 is 10.6 Å². The lowest BCUT2D eigenvalue weighted by Crippen LogP contribution is -2.13. The number of benzene rings is 3. The Kier molecular flexibility index (Phi) is 7.27. The Labute approximate surface area is 195 Å². The molecule has 7 nitrogen and oxygen atoms in total. The van der Waals surface area contributed by atoms with Crippen LogP contribution in [0.25, 0.3) is 0 Å². The van der Waals surface area contributed by atoms with Crippen LogP contribution in [-0.2, 0) is 12.4 Å². The molecule has 0 fully saturated rings. The average Bonchev–Trinajstić information content (AvgIpc) is 3.18. The molecule has 0 aliphatic heterocycles. The van der Waals surface area contributed by atoms with E-state index >= 15 is 0 Å². The molecule has 4 rings (SSSR count). The minimum atomic E-state index is 0.336. The summed E-state index contributed by atoms with van der Waals surface area (Å²) in [6.45, 7) is 0.477. The van der Waals surface area contributed by atoms with Gasteiger partial charge in [-0.25, -0.2) is 10.1 Å². The maximum Gasteiger partial charge on any atom is 0.264 e. The molecule has 3 aromatic carbocycles. The van der Waals surface area contributed by atoms with E-state index in [1.165, 1.54) is 16.4 Å². The summed E-state index contributed by atoms with van der Waals surface area (Å²) in [6.07, 6.45) is 1.66. The quantitative estimate of drug-likeness (QED) is 0.157. The van der Waals surface area contributed by atoms with Crippen LogP contribution in [-0.4, -0.2) is 21.1 Å². The zero-order chi connectivity index (χ0) is 22.2. The summed E-state index contributed by atoms with van der Waals surface area (Å²) in [5.74, 6) is 7.87. The van der Waals surface area contributed by atoms with Crippen molar-refractivity contribution in [2.75, 3.05) is 11.3 Å². The molecular weight excluding hydrogens is 444 g/mol. The van der Waals surface area contributed by atoms with Gasteiger partial charge in [0.05, 0.1) is 6.21 Å². The van der Waals surface area contributed by atoms with Gasteiger partial charge in [-0.1, -0.05) is 78.0 Å². The number of nitrogens with two attached hydrogens (primary N) is 1. The molecular formula is C23H21ClN6OS. The van der Waals surface area contributed by atoms with Crippen LogP contribution >= 0.6 is 23.4 Å². The van der Waals surface area contributed by atoms with Crippen molar-refractivity contribution < 1.29 is 4.74 Å². The summed E-state index contributed by atoms with van der Waals surface area (Å²) in [7, 11) is 0. The topological polar surface area (TPSA) is 90.3 Å². The normalized spacial score (nSPS) is 11.0. The number of hydrogen-bond acceptors (Lipinski definition) is 7. The molecule has 0 bridgehead atoms. The van der Waals surface area contributed by atoms with E-state index in [-0.39, 0.29) is 0 Å². The Hall–Kier alpha value is -3.49. The SMILES string of the molecule is Nn1c(N/N=C/c2ccccc2OCc2ccccc2)nnc1SCc1ccc(Cl)cc1. The number of anilines is 1. The molecule has 1 heterocycles. The predicted octanol–water partition coefficient (Wildman–Crippen LogP) is 4.96. The number of nitrogen functional groups attached to an aromatic ring is 1. The number of hydrazone groups is 1. The maximum atomic E-state index is 6.10. The first-order valence-electron chi connectivity index (χ1n) is 9.81. The molecule has 0 saturated carbocycles. The Morgan fingerprint density at radius 1 is 0.969 bits per heavy atom. The van der Waals surface area contributed by atoms with Gasteiger partial charge in [-0.3, -0.25) is 0 Å². The number of thioether (sulfide) groups is 1. The molecule has 0 aliphatic rings. The van der Waals surface area contributed by atoms with E-state index in [1.807, 2.05) is 78.9 Å². The fourth-order valence-corrected chi connectivity index (χ4v) is 3.73. The second-order valence-corrected chi connectivity index (χ2v) is 8.15. The van der Waals surface area contributed by atoms with Crippen molar-refractivity contribution in [2.24, 2.45) is 5.10 Å². The summed E-state index contributed by atoms with van der Waals surface area (Å²) in [4.78, 5) is 0. The summed E-state index contributed by atoms with van der Waals surface area (Å²) in [6, 6.07) is 25.3. The lowest BCUT2D eigenvalue weighted by molar-refractivity contribution is 0.306. The summed E-state index contributed by atoms with van der Waals surface area (Å²) >= 11 is 7.40. The van der Waals surface area contributed by atoms with Crippen LogP contribution < -0.4 is 16.0 Å². The van der Waals surface area contributed by atoms with Gasteiger partial charge in [0.2, 0.25) is 5.16 Å². The average molecular weight is 465 g/mol. The van der Waals surface area contributed by atoms with Crippen LogP contribution in [0.5, 0.6) is 5.75 Å². The van der Waals surface area contributed by atoms with E-state index < -0.39 is 0 Å². The minimum Gasteiger partial charge on any atom is -0.488 e. The van der Waals surface area contributed by atoms with Crippen LogP contribution in [0.2, 0.25) is 5.02 Å². The number of hydrogen-bond donors (Lipinski definition) is 2. The molecule has 0 radical (unpaired) electrons. The Balaban J connectivity index is 1.35. The van der Waals surface area contributed by atoms with Crippen molar-refractivity contribution in [3.05, 3.63) is 101 Å². The molecule has 162 valence electrons. The maximum absolute atomic E-state index is 6.10. The molecule has 4 aromatic rings. The van der Waals surface area contributed by atoms with Gasteiger partial charge in [-0.15, -0.1) is 10.2 Å². The van der Waals surface area contributed by atoms with E-state index in [2.05, 4.69) is 20.7 Å². The van der Waals surface area contributed by atoms with Crippen molar-refractivity contribution in [3.63, 3.8) is 0 Å². The summed E-state index contributed by atoms with van der Waals surface area (Å²) in [5, 5.41) is 13.7. The van der Waals surface area contributed by atoms with Crippen molar-refractivity contribution in [3.8, 4) is 5.75 Å². The second-order valence-electron chi connectivity index (χ2n) is 6.77. The smallest absolute Gasteiger partial charge is 0.264 e. The number of halogens is 1. The molecule has 0 atom stereocenters. The first-order chi connectivity index (χ1) is 15.7. The van der Waals surface area contributed by atoms with Crippen LogP contribution in [0.15, 0.2) is 89.1 Å². The number of nitrogens with zero attached hydrogens (tertiary/aromatic N) is 4. The highest BCUT2D eigenvalue weighted by molar-refractivity contribution is 7.98. The zero-order valence-corrected chi connectivity index (χ0v) is 18.6. The Bertz CT molecular complexity index is 1180. The second kappa shape index (κ2) is 10.7. The van der Waals surface area contributed by atoms with E-state index in [9.17, 15) is 0 Å². The van der Waals surface area contributed by atoms with Gasteiger partial charge in [0.1, 0.15) is 12.4 Å². The van der Waals surface area contributed by atoms with E-state index in [4.69, 9.17) is 22.2 Å². The molecule has 1 aromatic heterocycles. The molecule has 9 heteroatoms. The molecule has 0 spiro atoms. The Morgan fingerprint density at radius 2 is 1.72 bits per heavy atom. The molecule has 0 amide bonds. The van der Waals surface area contributed by atoms with E-state index in [0.717, 1.165) is 22.4 Å². The summed E-state index contributed by atoms with van der Waals surface area (Å²) < 4.78 is 7.32. The lowest BCUT2D eigenvalue weighted by atomic mass is 10.2. The first kappa shape index (κ1) is 21.7. The molecule has 3 N–H and O–H groups in total. The highest BCUT2D eigenvalue weighted by Crippen LogP contribution is 2.23. The fourth-order valence-electron chi connectivity index (χ4n) is 2.79. The predicted molar refractivity (Wildman–Crippen MR) is 130 cm³/mol. The lowest BCUT2D eigenvalue weighted by Gasteiger charge is -2.09. The van der Waals surface area contributed by atoms with Crippen molar-refractivity contribution in [1.29, 1.82) is 0 Å². The van der Waals surface area contributed by atoms with E-state index in [0.29, 0.717) is 28.5 Å². The van der Waals surface area contributed by atoms with Crippen LogP contribution in [0, 0.1) is 0 Å². The van der Waals surface area contributed by atoms with Crippen LogP contribution in [0.1, 0.15) is 16.7 Å². The highest BCUT2D eigenvalue weighted by Gasteiger charge is 2.10. The fraction of sp³-hybridized carbons (Fsp3) is 0.0870. The molecule has 0 saturated heterocycles. The van der Waals surface area contributed by atoms with Crippen molar-refractivity contribution >= 4 is 35.5 Å². The highest BCUT2D eigenvalue weighted by atomic mass is 35.5. The van der Waals surface area contributed by atoms with Gasteiger partial charge in [-0.05, 0) is 35.4 Å². The molecule has 0 aliphatic carbocycles.